The molecule has 1 heterocycles. The number of anilines is 1. The first-order valence-electron chi connectivity index (χ1n) is 8.59. The lowest BCUT2D eigenvalue weighted by Gasteiger charge is -2.26. The normalized spacial score (nSPS) is 15.4. The van der Waals surface area contributed by atoms with Crippen LogP contribution in [-0.4, -0.2) is 38.7 Å². The zero-order valence-corrected chi connectivity index (χ0v) is 15.3. The fourth-order valence-corrected chi connectivity index (χ4v) is 2.87. The molecule has 1 atom stereocenters. The van der Waals surface area contributed by atoms with Gasteiger partial charge in [-0.05, 0) is 53.9 Å². The summed E-state index contributed by atoms with van der Waals surface area (Å²) >= 11 is 0. The number of rotatable bonds is 6. The molecular formula is C20H22N2O5. The summed E-state index contributed by atoms with van der Waals surface area (Å²) < 4.78 is 15.1. The Balaban J connectivity index is 1.60. The van der Waals surface area contributed by atoms with Crippen molar-refractivity contribution in [2.45, 2.75) is 19.0 Å². The highest BCUT2D eigenvalue weighted by Crippen LogP contribution is 2.23. The quantitative estimate of drug-likeness (QED) is 0.756. The zero-order chi connectivity index (χ0) is 19.2. The van der Waals surface area contributed by atoms with Crippen molar-refractivity contribution in [2.75, 3.05) is 26.1 Å². The summed E-state index contributed by atoms with van der Waals surface area (Å²) in [5, 5.41) is 6.15. The van der Waals surface area contributed by atoms with Gasteiger partial charge in [-0.15, -0.1) is 0 Å². The average Bonchev–Trinajstić information content (AvgIpc) is 2.71. The van der Waals surface area contributed by atoms with Crippen molar-refractivity contribution in [2.24, 2.45) is 0 Å². The number of fused-ring (bicyclic) bond motifs is 1. The Morgan fingerprint density at radius 1 is 1.07 bits per heavy atom. The Kier molecular flexibility index (Phi) is 5.93. The maximum Gasteiger partial charge on any atom is 0.343 e. The molecule has 2 aromatic carbocycles. The van der Waals surface area contributed by atoms with Gasteiger partial charge in [0.05, 0.1) is 20.3 Å². The van der Waals surface area contributed by atoms with Gasteiger partial charge in [-0.2, -0.15) is 0 Å². The molecule has 0 aromatic heterocycles. The van der Waals surface area contributed by atoms with Crippen LogP contribution in [0, 0.1) is 0 Å². The first kappa shape index (κ1) is 18.7. The van der Waals surface area contributed by atoms with Crippen LogP contribution in [0.1, 0.15) is 11.1 Å². The summed E-state index contributed by atoms with van der Waals surface area (Å²) in [5.74, 6) is 0.822. The predicted octanol–water partition coefficient (Wildman–Crippen LogP) is 1.90. The van der Waals surface area contributed by atoms with Crippen LogP contribution in [0.3, 0.4) is 0 Å². The van der Waals surface area contributed by atoms with E-state index in [2.05, 4.69) is 15.4 Å². The van der Waals surface area contributed by atoms with Gasteiger partial charge in [-0.3, -0.25) is 4.79 Å². The summed E-state index contributed by atoms with van der Waals surface area (Å²) in [5.41, 5.74) is 2.85. The third-order valence-electron chi connectivity index (χ3n) is 4.40. The minimum Gasteiger partial charge on any atom is -0.497 e. The van der Waals surface area contributed by atoms with E-state index >= 15 is 0 Å². The minimum atomic E-state index is -0.430. The van der Waals surface area contributed by atoms with Crippen molar-refractivity contribution in [3.8, 4) is 11.5 Å². The maximum absolute atomic E-state index is 12.5. The number of hydrogen-bond donors (Lipinski definition) is 2. The summed E-state index contributed by atoms with van der Waals surface area (Å²) in [7, 11) is 2.92. The van der Waals surface area contributed by atoms with Gasteiger partial charge in [0.25, 0.3) is 0 Å². The lowest BCUT2D eigenvalue weighted by atomic mass is 9.95. The van der Waals surface area contributed by atoms with E-state index in [1.165, 1.54) is 7.11 Å². The van der Waals surface area contributed by atoms with Crippen LogP contribution >= 0.6 is 0 Å². The molecule has 2 aromatic rings. The summed E-state index contributed by atoms with van der Waals surface area (Å²) in [6, 6.07) is 12.5. The van der Waals surface area contributed by atoms with Gasteiger partial charge in [-0.25, -0.2) is 4.79 Å². The summed E-state index contributed by atoms with van der Waals surface area (Å²) in [4.78, 5) is 23.7. The van der Waals surface area contributed by atoms with Crippen molar-refractivity contribution in [3.05, 3.63) is 53.6 Å². The Hall–Kier alpha value is -3.06. The van der Waals surface area contributed by atoms with Gasteiger partial charge in [0, 0.05) is 12.2 Å². The third kappa shape index (κ3) is 4.77. The molecule has 1 amide bonds. The molecular weight excluding hydrogens is 348 g/mol. The zero-order valence-electron chi connectivity index (χ0n) is 15.3. The van der Waals surface area contributed by atoms with E-state index in [9.17, 15) is 9.59 Å². The second-order valence-corrected chi connectivity index (χ2v) is 6.15. The molecule has 0 spiro atoms. The number of nitrogens with one attached hydrogen (secondary N) is 2. The standard InChI is InChI=1S/C20H22N2O5/c1-25-16-7-4-15(5-8-16)22-20(24)18-10-13-3-6-17(9-14(13)11-21-18)27-12-19(23)26-2/h3-9,18,21H,10-12H2,1-2H3,(H,22,24). The number of ether oxygens (including phenoxy) is 3. The van der Waals surface area contributed by atoms with Crippen LogP contribution in [0.5, 0.6) is 11.5 Å². The Labute approximate surface area is 157 Å². The van der Waals surface area contributed by atoms with Crippen molar-refractivity contribution < 1.29 is 23.8 Å². The first-order chi connectivity index (χ1) is 13.1. The number of hydrogen-bond acceptors (Lipinski definition) is 6. The van der Waals surface area contributed by atoms with Crippen molar-refractivity contribution in [1.82, 2.24) is 5.32 Å². The molecule has 142 valence electrons. The molecule has 27 heavy (non-hydrogen) atoms. The van der Waals surface area contributed by atoms with E-state index in [0.717, 1.165) is 22.6 Å². The molecule has 7 heteroatoms. The number of carbonyl (C=O) groups is 2. The van der Waals surface area contributed by atoms with Crippen LogP contribution in [-0.2, 0) is 27.3 Å². The van der Waals surface area contributed by atoms with Gasteiger partial charge in [0.1, 0.15) is 11.5 Å². The average molecular weight is 370 g/mol. The van der Waals surface area contributed by atoms with Crippen molar-refractivity contribution >= 4 is 17.6 Å². The number of carbonyl (C=O) groups excluding carboxylic acids is 2. The van der Waals surface area contributed by atoms with Crippen LogP contribution in [0.2, 0.25) is 0 Å². The molecule has 0 bridgehead atoms. The minimum absolute atomic E-state index is 0.0863. The smallest absolute Gasteiger partial charge is 0.343 e. The number of esters is 1. The highest BCUT2D eigenvalue weighted by Gasteiger charge is 2.24. The topological polar surface area (TPSA) is 85.9 Å². The summed E-state index contributed by atoms with van der Waals surface area (Å²) in [6.45, 7) is 0.418. The van der Waals surface area contributed by atoms with Gasteiger partial charge >= 0.3 is 5.97 Å². The van der Waals surface area contributed by atoms with E-state index < -0.39 is 5.97 Å². The molecule has 0 fully saturated rings. The third-order valence-corrected chi connectivity index (χ3v) is 4.40. The van der Waals surface area contributed by atoms with Crippen LogP contribution < -0.4 is 20.1 Å². The van der Waals surface area contributed by atoms with E-state index in [-0.39, 0.29) is 18.6 Å². The molecule has 1 unspecified atom stereocenters. The van der Waals surface area contributed by atoms with Crippen molar-refractivity contribution in [3.63, 3.8) is 0 Å². The lowest BCUT2D eigenvalue weighted by Crippen LogP contribution is -2.44. The maximum atomic E-state index is 12.5. The van der Waals surface area contributed by atoms with Gasteiger partial charge in [-0.1, -0.05) is 6.07 Å². The van der Waals surface area contributed by atoms with Crippen LogP contribution in [0.4, 0.5) is 5.69 Å². The van der Waals surface area contributed by atoms with Gasteiger partial charge < -0.3 is 24.8 Å². The largest absolute Gasteiger partial charge is 0.497 e. The molecule has 0 aliphatic carbocycles. The molecule has 1 aliphatic rings. The van der Waals surface area contributed by atoms with Crippen molar-refractivity contribution in [1.29, 1.82) is 0 Å². The predicted molar refractivity (Wildman–Crippen MR) is 99.9 cm³/mol. The van der Waals surface area contributed by atoms with E-state index in [1.807, 2.05) is 12.1 Å². The van der Waals surface area contributed by atoms with Crippen LogP contribution in [0.15, 0.2) is 42.5 Å². The molecule has 3 rings (SSSR count). The molecule has 0 saturated heterocycles. The number of methoxy groups -OCH3 is 2. The van der Waals surface area contributed by atoms with Gasteiger partial charge in [0.15, 0.2) is 6.61 Å². The molecule has 2 N–H and O–H groups in total. The van der Waals surface area contributed by atoms with E-state index in [0.29, 0.717) is 18.7 Å². The number of benzene rings is 2. The fourth-order valence-electron chi connectivity index (χ4n) is 2.87. The molecule has 7 nitrogen and oxygen atoms in total. The highest BCUT2D eigenvalue weighted by molar-refractivity contribution is 5.95. The molecule has 0 radical (unpaired) electrons. The fraction of sp³-hybridized carbons (Fsp3) is 0.300. The SMILES string of the molecule is COC(=O)COc1ccc2c(c1)CNC(C(=O)Nc1ccc(OC)cc1)C2. The number of amides is 1. The summed E-state index contributed by atoms with van der Waals surface area (Å²) in [6.07, 6.45) is 0.578. The highest BCUT2D eigenvalue weighted by atomic mass is 16.6. The first-order valence-corrected chi connectivity index (χ1v) is 8.59. The second kappa shape index (κ2) is 8.55. The van der Waals surface area contributed by atoms with Crippen LogP contribution in [0.25, 0.3) is 0 Å². The monoisotopic (exact) mass is 370 g/mol. The Morgan fingerprint density at radius 3 is 2.52 bits per heavy atom. The Morgan fingerprint density at radius 2 is 1.81 bits per heavy atom. The molecule has 0 saturated carbocycles. The van der Waals surface area contributed by atoms with Gasteiger partial charge in [0.2, 0.25) is 5.91 Å². The Bertz CT molecular complexity index is 820. The second-order valence-electron chi connectivity index (χ2n) is 6.15. The lowest BCUT2D eigenvalue weighted by molar-refractivity contribution is -0.142. The molecule has 1 aliphatic heterocycles. The van der Waals surface area contributed by atoms with E-state index in [4.69, 9.17) is 9.47 Å². The van der Waals surface area contributed by atoms with E-state index in [1.54, 1.807) is 37.4 Å².